The van der Waals surface area contributed by atoms with E-state index in [2.05, 4.69) is 38.0 Å². The van der Waals surface area contributed by atoms with Gasteiger partial charge in [-0.3, -0.25) is 14.8 Å². The van der Waals surface area contributed by atoms with E-state index >= 15 is 0 Å². The zero-order valence-electron chi connectivity index (χ0n) is 14.6. The first kappa shape index (κ1) is 17.4. The number of pyridine rings is 1. The maximum absolute atomic E-state index is 12.6. The third-order valence-corrected chi connectivity index (χ3v) is 4.19. The van der Waals surface area contributed by atoms with Gasteiger partial charge in [0, 0.05) is 24.4 Å². The van der Waals surface area contributed by atoms with E-state index in [9.17, 15) is 4.79 Å². The Morgan fingerprint density at radius 1 is 1.26 bits per heavy atom. The molecule has 5 heteroatoms. The zero-order valence-corrected chi connectivity index (χ0v) is 14.6. The van der Waals surface area contributed by atoms with Crippen LogP contribution in [0.5, 0.6) is 0 Å². The van der Waals surface area contributed by atoms with Gasteiger partial charge in [-0.1, -0.05) is 27.7 Å². The van der Waals surface area contributed by atoms with Crippen LogP contribution in [0.4, 0.5) is 0 Å². The fourth-order valence-electron chi connectivity index (χ4n) is 2.98. The Morgan fingerprint density at radius 2 is 1.91 bits per heavy atom. The largest absolute Gasteiger partial charge is 0.466 e. The molecule has 3 unspecified atom stereocenters. The van der Waals surface area contributed by atoms with Crippen molar-refractivity contribution in [1.82, 2.24) is 10.3 Å². The first-order valence-electron chi connectivity index (χ1n) is 8.36. The van der Waals surface area contributed by atoms with Crippen LogP contribution in [-0.2, 0) is 9.53 Å². The highest BCUT2D eigenvalue weighted by molar-refractivity contribution is 5.87. The minimum absolute atomic E-state index is 0.00196. The van der Waals surface area contributed by atoms with Gasteiger partial charge in [0.25, 0.3) is 0 Å². The SMILES string of the molecule is CCOC(=O)C1C(c2ccncc2)N=C(C(C)C)NC1C(C)C. The molecule has 0 amide bonds. The Kier molecular flexibility index (Phi) is 5.74. The van der Waals surface area contributed by atoms with Crippen LogP contribution in [0.25, 0.3) is 0 Å². The average molecular weight is 317 g/mol. The molecule has 0 spiro atoms. The lowest BCUT2D eigenvalue weighted by atomic mass is 9.80. The molecular weight excluding hydrogens is 290 g/mol. The lowest BCUT2D eigenvalue weighted by Crippen LogP contribution is -2.53. The Labute approximate surface area is 138 Å². The van der Waals surface area contributed by atoms with Crippen LogP contribution in [0.15, 0.2) is 29.5 Å². The fourth-order valence-corrected chi connectivity index (χ4v) is 2.98. The molecule has 126 valence electrons. The molecule has 5 nitrogen and oxygen atoms in total. The van der Waals surface area contributed by atoms with Crippen LogP contribution in [0.2, 0.25) is 0 Å². The summed E-state index contributed by atoms with van der Waals surface area (Å²) < 4.78 is 5.35. The first-order valence-corrected chi connectivity index (χ1v) is 8.36. The Morgan fingerprint density at radius 3 is 2.43 bits per heavy atom. The summed E-state index contributed by atoms with van der Waals surface area (Å²) in [5, 5.41) is 3.48. The molecule has 1 aliphatic heterocycles. The van der Waals surface area contributed by atoms with E-state index < -0.39 is 0 Å². The van der Waals surface area contributed by atoms with E-state index in [1.54, 1.807) is 12.4 Å². The molecule has 3 atom stereocenters. The molecule has 2 heterocycles. The highest BCUT2D eigenvalue weighted by Gasteiger charge is 2.42. The van der Waals surface area contributed by atoms with Gasteiger partial charge in [0.2, 0.25) is 0 Å². The summed E-state index contributed by atoms with van der Waals surface area (Å²) in [6.07, 6.45) is 3.49. The molecule has 23 heavy (non-hydrogen) atoms. The van der Waals surface area contributed by atoms with Crippen molar-refractivity contribution in [3.63, 3.8) is 0 Å². The van der Waals surface area contributed by atoms with E-state index in [1.165, 1.54) is 0 Å². The highest BCUT2D eigenvalue weighted by Crippen LogP contribution is 2.35. The number of esters is 1. The number of hydrogen-bond donors (Lipinski definition) is 1. The second-order valence-corrected chi connectivity index (χ2v) is 6.59. The van der Waals surface area contributed by atoms with Crippen LogP contribution >= 0.6 is 0 Å². The second-order valence-electron chi connectivity index (χ2n) is 6.59. The molecular formula is C18H27N3O2. The van der Waals surface area contributed by atoms with Crippen LogP contribution in [-0.4, -0.2) is 29.4 Å². The number of aromatic nitrogens is 1. The van der Waals surface area contributed by atoms with Gasteiger partial charge in [0.05, 0.1) is 18.5 Å². The minimum atomic E-state index is -0.333. The summed E-state index contributed by atoms with van der Waals surface area (Å²) in [6.45, 7) is 10.7. The van der Waals surface area contributed by atoms with Crippen molar-refractivity contribution in [1.29, 1.82) is 0 Å². The zero-order chi connectivity index (χ0) is 17.0. The molecule has 1 aliphatic rings. The molecule has 0 saturated carbocycles. The number of hydrogen-bond acceptors (Lipinski definition) is 5. The van der Waals surface area contributed by atoms with Gasteiger partial charge in [0.15, 0.2) is 0 Å². The predicted molar refractivity (Wildman–Crippen MR) is 91.1 cm³/mol. The molecule has 0 aromatic carbocycles. The molecule has 0 bridgehead atoms. The quantitative estimate of drug-likeness (QED) is 0.848. The number of nitrogens with zero attached hydrogens (tertiary/aromatic N) is 2. The summed E-state index contributed by atoms with van der Waals surface area (Å²) in [5.74, 6) is 1.000. The number of carbonyl (C=O) groups excluding carboxylic acids is 1. The third-order valence-electron chi connectivity index (χ3n) is 4.19. The monoisotopic (exact) mass is 317 g/mol. The number of amidine groups is 1. The summed E-state index contributed by atoms with van der Waals surface area (Å²) >= 11 is 0. The van der Waals surface area contributed by atoms with E-state index in [0.717, 1.165) is 11.4 Å². The maximum atomic E-state index is 12.6. The van der Waals surface area contributed by atoms with Crippen LogP contribution in [0.1, 0.15) is 46.2 Å². The summed E-state index contributed by atoms with van der Waals surface area (Å²) in [5.41, 5.74) is 1.00. The number of aliphatic imine (C=N–C) groups is 1. The number of rotatable bonds is 5. The van der Waals surface area contributed by atoms with Crippen molar-refractivity contribution >= 4 is 11.8 Å². The highest BCUT2D eigenvalue weighted by atomic mass is 16.5. The normalized spacial score (nSPS) is 24.3. The third kappa shape index (κ3) is 3.89. The standard InChI is InChI=1S/C18H27N3O2/c1-6-23-18(22)14-15(11(2)3)20-17(12(4)5)21-16(14)13-7-9-19-10-8-13/h7-12,14-16H,6H2,1-5H3,(H,20,21). The molecule has 1 aromatic rings. The van der Waals surface area contributed by atoms with Gasteiger partial charge in [-0.15, -0.1) is 0 Å². The van der Waals surface area contributed by atoms with Gasteiger partial charge < -0.3 is 10.1 Å². The summed E-state index contributed by atoms with van der Waals surface area (Å²) in [6, 6.07) is 3.63. The topological polar surface area (TPSA) is 63.6 Å². The first-order chi connectivity index (χ1) is 11.0. The second kappa shape index (κ2) is 7.57. The molecule has 0 fully saturated rings. The fraction of sp³-hybridized carbons (Fsp3) is 0.611. The van der Waals surface area contributed by atoms with Crippen molar-refractivity contribution in [3.8, 4) is 0 Å². The smallest absolute Gasteiger partial charge is 0.313 e. The van der Waals surface area contributed by atoms with Crippen molar-refractivity contribution in [2.24, 2.45) is 22.7 Å². The van der Waals surface area contributed by atoms with Crippen molar-refractivity contribution < 1.29 is 9.53 Å². The van der Waals surface area contributed by atoms with Crippen molar-refractivity contribution in [3.05, 3.63) is 30.1 Å². The van der Waals surface area contributed by atoms with Gasteiger partial charge in [-0.05, 0) is 30.5 Å². The van der Waals surface area contributed by atoms with E-state index in [0.29, 0.717) is 6.61 Å². The summed E-state index contributed by atoms with van der Waals surface area (Å²) in [7, 11) is 0. The van der Waals surface area contributed by atoms with Gasteiger partial charge in [-0.25, -0.2) is 0 Å². The molecule has 2 rings (SSSR count). The van der Waals surface area contributed by atoms with Crippen molar-refractivity contribution in [2.45, 2.75) is 46.7 Å². The van der Waals surface area contributed by atoms with E-state index in [1.807, 2.05) is 19.1 Å². The number of ether oxygens (including phenoxy) is 1. The van der Waals surface area contributed by atoms with E-state index in [4.69, 9.17) is 9.73 Å². The lowest BCUT2D eigenvalue weighted by Gasteiger charge is -2.39. The molecule has 0 saturated heterocycles. The predicted octanol–water partition coefficient (Wildman–Crippen LogP) is 2.98. The average Bonchev–Trinajstić information content (AvgIpc) is 2.54. The molecule has 0 aliphatic carbocycles. The van der Waals surface area contributed by atoms with Crippen LogP contribution in [0, 0.1) is 17.8 Å². The maximum Gasteiger partial charge on any atom is 0.313 e. The van der Waals surface area contributed by atoms with Crippen LogP contribution < -0.4 is 5.32 Å². The number of nitrogens with one attached hydrogen (secondary N) is 1. The Bertz CT molecular complexity index is 555. The van der Waals surface area contributed by atoms with Gasteiger partial charge >= 0.3 is 5.97 Å². The Balaban J connectivity index is 2.48. The number of carbonyl (C=O) groups is 1. The van der Waals surface area contributed by atoms with E-state index in [-0.39, 0.29) is 35.8 Å². The molecule has 1 N–H and O–H groups in total. The molecule has 0 radical (unpaired) electrons. The van der Waals surface area contributed by atoms with Crippen LogP contribution in [0.3, 0.4) is 0 Å². The van der Waals surface area contributed by atoms with Crippen molar-refractivity contribution in [2.75, 3.05) is 6.61 Å². The molecule has 1 aromatic heterocycles. The summed E-state index contributed by atoms with van der Waals surface area (Å²) in [4.78, 5) is 21.5. The van der Waals surface area contributed by atoms with Gasteiger partial charge in [0.1, 0.15) is 5.92 Å². The lowest BCUT2D eigenvalue weighted by molar-refractivity contribution is -0.150. The minimum Gasteiger partial charge on any atom is -0.466 e. The van der Waals surface area contributed by atoms with Gasteiger partial charge in [-0.2, -0.15) is 0 Å². The Hall–Kier alpha value is -1.91.